The summed E-state index contributed by atoms with van der Waals surface area (Å²) in [7, 11) is 3.49. The number of nitrogens with one attached hydrogen (secondary N) is 1. The van der Waals surface area contributed by atoms with Gasteiger partial charge in [-0.3, -0.25) is 5.01 Å². The normalized spacial score (nSPS) is 14.2. The van der Waals surface area contributed by atoms with E-state index in [1.807, 2.05) is 0 Å². The summed E-state index contributed by atoms with van der Waals surface area (Å²) in [6, 6.07) is 5.22. The van der Waals surface area contributed by atoms with E-state index < -0.39 is 11.7 Å². The molecule has 0 saturated heterocycles. The summed E-state index contributed by atoms with van der Waals surface area (Å²) in [5, 5.41) is 1.64. The molecule has 1 rings (SSSR count). The first-order chi connectivity index (χ1) is 7.32. The van der Waals surface area contributed by atoms with Gasteiger partial charge in [-0.1, -0.05) is 18.2 Å². The SMILES string of the molecule is CC(NN(C)C)c1ccccc1C(F)(F)F. The van der Waals surface area contributed by atoms with E-state index in [1.54, 1.807) is 32.1 Å². The van der Waals surface area contributed by atoms with Crippen LogP contribution in [0.25, 0.3) is 0 Å². The zero-order valence-electron chi connectivity index (χ0n) is 9.47. The lowest BCUT2D eigenvalue weighted by Crippen LogP contribution is -2.33. The molecule has 1 atom stereocenters. The number of rotatable bonds is 3. The Hall–Kier alpha value is -1.07. The molecule has 0 radical (unpaired) electrons. The van der Waals surface area contributed by atoms with Gasteiger partial charge in [0, 0.05) is 20.1 Å². The average molecular weight is 232 g/mol. The van der Waals surface area contributed by atoms with Crippen molar-refractivity contribution in [2.45, 2.75) is 19.1 Å². The van der Waals surface area contributed by atoms with Gasteiger partial charge >= 0.3 is 6.18 Å². The third-order valence-corrected chi connectivity index (χ3v) is 2.18. The molecular formula is C11H15F3N2. The topological polar surface area (TPSA) is 15.3 Å². The van der Waals surface area contributed by atoms with Crippen LogP contribution in [0.15, 0.2) is 24.3 Å². The zero-order chi connectivity index (χ0) is 12.3. The van der Waals surface area contributed by atoms with Crippen LogP contribution in [-0.2, 0) is 6.18 Å². The van der Waals surface area contributed by atoms with Crippen molar-refractivity contribution in [3.63, 3.8) is 0 Å². The Morgan fingerprint density at radius 3 is 2.25 bits per heavy atom. The van der Waals surface area contributed by atoms with Crippen LogP contribution >= 0.6 is 0 Å². The Balaban J connectivity index is 3.04. The first kappa shape index (κ1) is 13.0. The molecule has 0 aliphatic rings. The summed E-state index contributed by atoms with van der Waals surface area (Å²) < 4.78 is 38.1. The maximum absolute atomic E-state index is 12.7. The summed E-state index contributed by atoms with van der Waals surface area (Å²) in [5.41, 5.74) is 2.57. The van der Waals surface area contributed by atoms with Crippen LogP contribution in [-0.4, -0.2) is 19.1 Å². The highest BCUT2D eigenvalue weighted by molar-refractivity contribution is 5.31. The minimum Gasteiger partial charge on any atom is -0.250 e. The van der Waals surface area contributed by atoms with E-state index >= 15 is 0 Å². The fourth-order valence-electron chi connectivity index (χ4n) is 1.59. The van der Waals surface area contributed by atoms with Gasteiger partial charge in [0.1, 0.15) is 0 Å². The lowest BCUT2D eigenvalue weighted by molar-refractivity contribution is -0.138. The smallest absolute Gasteiger partial charge is 0.250 e. The maximum atomic E-state index is 12.7. The Labute approximate surface area is 93.0 Å². The molecular weight excluding hydrogens is 217 g/mol. The van der Waals surface area contributed by atoms with Gasteiger partial charge in [-0.2, -0.15) is 13.2 Å². The predicted octanol–water partition coefficient (Wildman–Crippen LogP) is 2.83. The van der Waals surface area contributed by atoms with Gasteiger partial charge in [0.15, 0.2) is 0 Å². The van der Waals surface area contributed by atoms with Gasteiger partial charge in [0.25, 0.3) is 0 Å². The zero-order valence-corrected chi connectivity index (χ0v) is 9.47. The third-order valence-electron chi connectivity index (χ3n) is 2.18. The van der Waals surface area contributed by atoms with E-state index in [9.17, 15) is 13.2 Å². The molecule has 0 spiro atoms. The summed E-state index contributed by atoms with van der Waals surface area (Å²) in [6.45, 7) is 1.70. The van der Waals surface area contributed by atoms with E-state index in [4.69, 9.17) is 0 Å². The van der Waals surface area contributed by atoms with Gasteiger partial charge in [0.2, 0.25) is 0 Å². The summed E-state index contributed by atoms with van der Waals surface area (Å²) in [6.07, 6.45) is -4.31. The second-order valence-corrected chi connectivity index (χ2v) is 3.83. The number of hydrogen-bond acceptors (Lipinski definition) is 2. The first-order valence-electron chi connectivity index (χ1n) is 4.92. The highest BCUT2D eigenvalue weighted by atomic mass is 19.4. The number of hydrazine groups is 1. The Kier molecular flexibility index (Phi) is 3.93. The number of halogens is 3. The predicted molar refractivity (Wildman–Crippen MR) is 56.7 cm³/mol. The van der Waals surface area contributed by atoms with Crippen LogP contribution in [0, 0.1) is 0 Å². The van der Waals surface area contributed by atoms with Crippen molar-refractivity contribution in [2.24, 2.45) is 0 Å². The molecule has 2 nitrogen and oxygen atoms in total. The van der Waals surface area contributed by atoms with Crippen LogP contribution in [0.3, 0.4) is 0 Å². The van der Waals surface area contributed by atoms with Gasteiger partial charge < -0.3 is 0 Å². The maximum Gasteiger partial charge on any atom is 0.416 e. The lowest BCUT2D eigenvalue weighted by Gasteiger charge is -2.22. The number of benzene rings is 1. The minimum absolute atomic E-state index is 0.253. The Morgan fingerprint density at radius 2 is 1.75 bits per heavy atom. The van der Waals surface area contributed by atoms with Gasteiger partial charge in [-0.25, -0.2) is 5.43 Å². The summed E-state index contributed by atoms with van der Waals surface area (Å²) in [4.78, 5) is 0. The summed E-state index contributed by atoms with van der Waals surface area (Å²) in [5.74, 6) is 0. The Bertz CT molecular complexity index is 347. The molecule has 16 heavy (non-hydrogen) atoms. The molecule has 0 bridgehead atoms. The molecule has 0 aliphatic heterocycles. The molecule has 0 aliphatic carbocycles. The van der Waals surface area contributed by atoms with Gasteiger partial charge in [-0.15, -0.1) is 0 Å². The molecule has 5 heteroatoms. The standard InChI is InChI=1S/C11H15F3N2/c1-8(15-16(2)3)9-6-4-5-7-10(9)11(12,13)14/h4-8,15H,1-3H3. The van der Waals surface area contributed by atoms with Crippen molar-refractivity contribution in [3.05, 3.63) is 35.4 Å². The Morgan fingerprint density at radius 1 is 1.19 bits per heavy atom. The number of nitrogens with zero attached hydrogens (tertiary/aromatic N) is 1. The van der Waals surface area contributed by atoms with E-state index in [2.05, 4.69) is 5.43 Å². The highest BCUT2D eigenvalue weighted by Gasteiger charge is 2.34. The van der Waals surface area contributed by atoms with Crippen molar-refractivity contribution < 1.29 is 13.2 Å². The van der Waals surface area contributed by atoms with Crippen molar-refractivity contribution in [2.75, 3.05) is 14.1 Å². The second-order valence-electron chi connectivity index (χ2n) is 3.83. The van der Waals surface area contributed by atoms with Crippen molar-refractivity contribution in [1.29, 1.82) is 0 Å². The molecule has 0 heterocycles. The molecule has 1 aromatic rings. The second kappa shape index (κ2) is 4.84. The van der Waals surface area contributed by atoms with E-state index in [0.717, 1.165) is 6.07 Å². The van der Waals surface area contributed by atoms with Crippen molar-refractivity contribution >= 4 is 0 Å². The highest BCUT2D eigenvalue weighted by Crippen LogP contribution is 2.34. The minimum atomic E-state index is -4.31. The van der Waals surface area contributed by atoms with Crippen molar-refractivity contribution in [3.8, 4) is 0 Å². The van der Waals surface area contributed by atoms with E-state index in [-0.39, 0.29) is 11.6 Å². The van der Waals surface area contributed by atoms with Crippen LogP contribution in [0.2, 0.25) is 0 Å². The molecule has 1 aromatic carbocycles. The van der Waals surface area contributed by atoms with Crippen molar-refractivity contribution in [1.82, 2.24) is 10.4 Å². The molecule has 0 fully saturated rings. The fourth-order valence-corrected chi connectivity index (χ4v) is 1.59. The average Bonchev–Trinajstić information content (AvgIpc) is 2.15. The summed E-state index contributed by atoms with van der Waals surface area (Å²) >= 11 is 0. The number of hydrogen-bond donors (Lipinski definition) is 1. The number of alkyl halides is 3. The van der Waals surface area contributed by atoms with Crippen LogP contribution in [0.1, 0.15) is 24.1 Å². The molecule has 0 amide bonds. The van der Waals surface area contributed by atoms with Crippen LogP contribution in [0.5, 0.6) is 0 Å². The molecule has 1 N–H and O–H groups in total. The molecule has 0 aromatic heterocycles. The molecule has 0 saturated carbocycles. The largest absolute Gasteiger partial charge is 0.416 e. The van der Waals surface area contributed by atoms with E-state index in [0.29, 0.717) is 0 Å². The molecule has 1 unspecified atom stereocenters. The monoisotopic (exact) mass is 232 g/mol. The van der Waals surface area contributed by atoms with E-state index in [1.165, 1.54) is 12.1 Å². The third kappa shape index (κ3) is 3.21. The molecule has 90 valence electrons. The van der Waals surface area contributed by atoms with Gasteiger partial charge in [0.05, 0.1) is 5.56 Å². The van der Waals surface area contributed by atoms with Crippen LogP contribution < -0.4 is 5.43 Å². The van der Waals surface area contributed by atoms with Gasteiger partial charge in [-0.05, 0) is 18.6 Å². The quantitative estimate of drug-likeness (QED) is 0.806. The lowest BCUT2D eigenvalue weighted by atomic mass is 10.0. The van der Waals surface area contributed by atoms with Crippen LogP contribution in [0.4, 0.5) is 13.2 Å². The fraction of sp³-hybridized carbons (Fsp3) is 0.455. The first-order valence-corrected chi connectivity index (χ1v) is 4.92.